The standard InChI is InChI=1S/C23H21N3O2/c1-4-10-16(5-2)25-23-14-22(28)18-15-24-19(21(27)6-3)13-20(18)26(23)17-11-8-7-9-12-17/h4-5,7-15,25H,1-2,6H2,3H3/b16-10+. The van der Waals surface area contributed by atoms with Crippen LogP contribution in [0.2, 0.25) is 0 Å². The molecule has 0 spiro atoms. The molecule has 140 valence electrons. The van der Waals surface area contributed by atoms with Gasteiger partial charge in [0.05, 0.1) is 10.9 Å². The van der Waals surface area contributed by atoms with Gasteiger partial charge in [-0.05, 0) is 30.4 Å². The smallest absolute Gasteiger partial charge is 0.193 e. The number of rotatable bonds is 7. The molecule has 1 aromatic carbocycles. The summed E-state index contributed by atoms with van der Waals surface area (Å²) in [5, 5.41) is 3.66. The van der Waals surface area contributed by atoms with Crippen molar-refractivity contribution in [1.82, 2.24) is 9.55 Å². The normalized spacial score (nSPS) is 11.2. The van der Waals surface area contributed by atoms with Crippen molar-refractivity contribution in [1.29, 1.82) is 0 Å². The summed E-state index contributed by atoms with van der Waals surface area (Å²) in [5.41, 5.74) is 2.29. The van der Waals surface area contributed by atoms with Crippen molar-refractivity contribution in [3.63, 3.8) is 0 Å². The van der Waals surface area contributed by atoms with Crippen molar-refractivity contribution >= 4 is 22.5 Å². The SMILES string of the molecule is C=C/C=C(\C=C)Nc1cc(=O)c2cnc(C(=O)CC)cc2n1-c1ccccc1. The van der Waals surface area contributed by atoms with Gasteiger partial charge in [-0.15, -0.1) is 0 Å². The predicted molar refractivity (Wildman–Crippen MR) is 114 cm³/mol. The van der Waals surface area contributed by atoms with E-state index in [-0.39, 0.29) is 11.2 Å². The molecule has 3 rings (SSSR count). The van der Waals surface area contributed by atoms with Gasteiger partial charge in [0.2, 0.25) is 0 Å². The minimum atomic E-state index is -0.185. The Balaban J connectivity index is 2.37. The van der Waals surface area contributed by atoms with Crippen LogP contribution < -0.4 is 10.7 Å². The minimum absolute atomic E-state index is 0.0781. The number of hydrogen-bond acceptors (Lipinski definition) is 4. The van der Waals surface area contributed by atoms with Gasteiger partial charge in [-0.3, -0.25) is 19.1 Å². The van der Waals surface area contributed by atoms with Gasteiger partial charge < -0.3 is 5.32 Å². The first-order chi connectivity index (χ1) is 13.6. The van der Waals surface area contributed by atoms with Gasteiger partial charge >= 0.3 is 0 Å². The molecular formula is C23H21N3O2. The van der Waals surface area contributed by atoms with E-state index in [1.165, 1.54) is 12.3 Å². The molecule has 0 radical (unpaired) electrons. The van der Waals surface area contributed by atoms with Crippen LogP contribution in [0.4, 0.5) is 5.82 Å². The highest BCUT2D eigenvalue weighted by atomic mass is 16.1. The van der Waals surface area contributed by atoms with Crippen molar-refractivity contribution in [2.75, 3.05) is 5.32 Å². The average molecular weight is 371 g/mol. The summed E-state index contributed by atoms with van der Waals surface area (Å²) in [5.74, 6) is 0.475. The maximum absolute atomic E-state index is 12.7. The topological polar surface area (TPSA) is 64.0 Å². The minimum Gasteiger partial charge on any atom is -0.341 e. The van der Waals surface area contributed by atoms with Crippen LogP contribution in [0.5, 0.6) is 0 Å². The number of Topliss-reactive ketones (excluding diaryl/α,β-unsaturated/α-hetero) is 1. The number of para-hydroxylation sites is 1. The number of benzene rings is 1. The second kappa shape index (κ2) is 8.31. The van der Waals surface area contributed by atoms with Gasteiger partial charge in [-0.1, -0.05) is 44.4 Å². The molecule has 0 fully saturated rings. The summed E-state index contributed by atoms with van der Waals surface area (Å²) in [6, 6.07) is 12.8. The van der Waals surface area contributed by atoms with E-state index < -0.39 is 0 Å². The van der Waals surface area contributed by atoms with E-state index in [0.29, 0.717) is 34.5 Å². The second-order valence-corrected chi connectivity index (χ2v) is 6.12. The molecule has 2 heterocycles. The van der Waals surface area contributed by atoms with Gasteiger partial charge in [0, 0.05) is 30.1 Å². The van der Waals surface area contributed by atoms with Crippen LogP contribution in [0.3, 0.4) is 0 Å². The van der Waals surface area contributed by atoms with Crippen LogP contribution in [-0.2, 0) is 0 Å². The summed E-state index contributed by atoms with van der Waals surface area (Å²) in [4.78, 5) is 29.1. The lowest BCUT2D eigenvalue weighted by molar-refractivity contribution is 0.0983. The summed E-state index contributed by atoms with van der Waals surface area (Å²) < 4.78 is 1.89. The summed E-state index contributed by atoms with van der Waals surface area (Å²) in [7, 11) is 0. The molecule has 0 amide bonds. The molecule has 0 aliphatic rings. The molecule has 0 aliphatic heterocycles. The van der Waals surface area contributed by atoms with Gasteiger partial charge in [0.1, 0.15) is 11.5 Å². The van der Waals surface area contributed by atoms with Crippen molar-refractivity contribution in [3.05, 3.63) is 102 Å². The number of carbonyl (C=O) groups excluding carboxylic acids is 1. The summed E-state index contributed by atoms with van der Waals surface area (Å²) >= 11 is 0. The first kappa shape index (κ1) is 19.0. The van der Waals surface area contributed by atoms with Gasteiger partial charge in [-0.25, -0.2) is 0 Å². The molecule has 5 heteroatoms. The summed E-state index contributed by atoms with van der Waals surface area (Å²) in [6.07, 6.45) is 6.85. The molecule has 5 nitrogen and oxygen atoms in total. The number of nitrogens with zero attached hydrogens (tertiary/aromatic N) is 2. The van der Waals surface area contributed by atoms with Crippen LogP contribution in [0, 0.1) is 0 Å². The van der Waals surface area contributed by atoms with Gasteiger partial charge in [-0.2, -0.15) is 0 Å². The maximum atomic E-state index is 12.7. The Hall–Kier alpha value is -3.73. The van der Waals surface area contributed by atoms with Crippen LogP contribution >= 0.6 is 0 Å². The highest BCUT2D eigenvalue weighted by Crippen LogP contribution is 2.24. The molecule has 0 saturated carbocycles. The third-order valence-electron chi connectivity index (χ3n) is 4.31. The number of aromatic nitrogens is 2. The zero-order valence-electron chi connectivity index (χ0n) is 15.7. The van der Waals surface area contributed by atoms with E-state index in [1.54, 1.807) is 31.2 Å². The lowest BCUT2D eigenvalue weighted by Gasteiger charge is -2.19. The highest BCUT2D eigenvalue weighted by Gasteiger charge is 2.14. The first-order valence-electron chi connectivity index (χ1n) is 8.95. The zero-order chi connectivity index (χ0) is 20.1. The Bertz CT molecular complexity index is 1140. The maximum Gasteiger partial charge on any atom is 0.193 e. The molecule has 3 aromatic rings. The van der Waals surface area contributed by atoms with E-state index in [1.807, 2.05) is 34.9 Å². The monoisotopic (exact) mass is 371 g/mol. The third kappa shape index (κ3) is 3.69. The van der Waals surface area contributed by atoms with Gasteiger partial charge in [0.25, 0.3) is 0 Å². The molecular weight excluding hydrogens is 350 g/mol. The number of hydrogen-bond donors (Lipinski definition) is 1. The van der Waals surface area contributed by atoms with Crippen molar-refractivity contribution in [2.24, 2.45) is 0 Å². The van der Waals surface area contributed by atoms with E-state index in [4.69, 9.17) is 0 Å². The fourth-order valence-electron chi connectivity index (χ4n) is 2.93. The number of fused-ring (bicyclic) bond motifs is 1. The van der Waals surface area contributed by atoms with Crippen LogP contribution in [0.25, 0.3) is 16.6 Å². The largest absolute Gasteiger partial charge is 0.341 e. The molecule has 0 unspecified atom stereocenters. The molecule has 0 atom stereocenters. The third-order valence-corrected chi connectivity index (χ3v) is 4.31. The Morgan fingerprint density at radius 2 is 1.96 bits per heavy atom. The molecule has 28 heavy (non-hydrogen) atoms. The second-order valence-electron chi connectivity index (χ2n) is 6.12. The quantitative estimate of drug-likeness (QED) is 0.485. The van der Waals surface area contributed by atoms with E-state index >= 15 is 0 Å². The zero-order valence-corrected chi connectivity index (χ0v) is 15.7. The van der Waals surface area contributed by atoms with E-state index in [2.05, 4.69) is 23.5 Å². The number of nitrogens with one attached hydrogen (secondary N) is 1. The number of ketones is 1. The van der Waals surface area contributed by atoms with Crippen LogP contribution in [0.1, 0.15) is 23.8 Å². The first-order valence-corrected chi connectivity index (χ1v) is 8.95. The van der Waals surface area contributed by atoms with Crippen LogP contribution in [-0.4, -0.2) is 15.3 Å². The summed E-state index contributed by atoms with van der Waals surface area (Å²) in [6.45, 7) is 9.28. The van der Waals surface area contributed by atoms with Crippen LogP contribution in [0.15, 0.2) is 90.5 Å². The highest BCUT2D eigenvalue weighted by molar-refractivity contribution is 5.97. The number of carbonyl (C=O) groups is 1. The molecule has 2 aromatic heterocycles. The fraction of sp³-hybridized carbons (Fsp3) is 0.0870. The number of pyridine rings is 2. The fourth-order valence-corrected chi connectivity index (χ4v) is 2.93. The van der Waals surface area contributed by atoms with E-state index in [0.717, 1.165) is 5.69 Å². The van der Waals surface area contributed by atoms with Crippen molar-refractivity contribution in [3.8, 4) is 5.69 Å². The van der Waals surface area contributed by atoms with Crippen molar-refractivity contribution in [2.45, 2.75) is 13.3 Å². The Morgan fingerprint density at radius 1 is 1.21 bits per heavy atom. The lowest BCUT2D eigenvalue weighted by atomic mass is 10.1. The molecule has 1 N–H and O–H groups in total. The molecule has 0 bridgehead atoms. The van der Waals surface area contributed by atoms with Gasteiger partial charge in [0.15, 0.2) is 11.2 Å². The lowest BCUT2D eigenvalue weighted by Crippen LogP contribution is -2.15. The number of allylic oxidation sites excluding steroid dienone is 3. The molecule has 0 saturated heterocycles. The average Bonchev–Trinajstić information content (AvgIpc) is 2.73. The molecule has 0 aliphatic carbocycles. The van der Waals surface area contributed by atoms with Crippen molar-refractivity contribution < 1.29 is 4.79 Å². The Morgan fingerprint density at radius 3 is 2.61 bits per heavy atom. The Labute approximate surface area is 163 Å². The Kier molecular flexibility index (Phi) is 5.65. The van der Waals surface area contributed by atoms with E-state index in [9.17, 15) is 9.59 Å². The number of anilines is 1. The predicted octanol–water partition coefficient (Wildman–Crippen LogP) is 4.65.